The summed E-state index contributed by atoms with van der Waals surface area (Å²) >= 11 is 0. The van der Waals surface area contributed by atoms with Gasteiger partial charge < -0.3 is 19.1 Å². The first-order chi connectivity index (χ1) is 18.1. The molecule has 8 nitrogen and oxygen atoms in total. The Labute approximate surface area is 214 Å². The fourth-order valence-electron chi connectivity index (χ4n) is 3.00. The second-order valence-corrected chi connectivity index (χ2v) is 9.80. The van der Waals surface area contributed by atoms with Crippen LogP contribution in [0.4, 0.5) is 35.5 Å². The van der Waals surface area contributed by atoms with Crippen molar-refractivity contribution in [2.75, 3.05) is 6.79 Å². The molecule has 39 heavy (non-hydrogen) atoms. The lowest BCUT2D eigenvalue weighted by Gasteiger charge is -2.22. The standard InChI is InChI=1S/C23H16F7O8P/c1-10(2)37-22(32)35-9-36-39(33,34)23(29,30)14-6-5-11-3-4-12(7-13(11)8-14)21(31)38-20-18(27)16(25)15(24)17(26)19(20)28/h3-8,10H,9H2,1-2H3,(H,33,34). The van der Waals surface area contributed by atoms with Crippen LogP contribution >= 0.6 is 7.60 Å². The van der Waals surface area contributed by atoms with Gasteiger partial charge in [0.05, 0.1) is 11.7 Å². The molecule has 1 atom stereocenters. The number of fused-ring (bicyclic) bond motifs is 1. The van der Waals surface area contributed by atoms with Crippen molar-refractivity contribution in [2.24, 2.45) is 0 Å². The molecule has 1 unspecified atom stereocenters. The minimum absolute atomic E-state index is 0.184. The number of carbonyl (C=O) groups excluding carboxylic acids is 2. The summed E-state index contributed by atoms with van der Waals surface area (Å²) in [5.74, 6) is -15.5. The molecule has 16 heteroatoms. The van der Waals surface area contributed by atoms with Gasteiger partial charge in [0, 0.05) is 5.56 Å². The fourth-order valence-corrected chi connectivity index (χ4v) is 3.83. The molecular weight excluding hydrogens is 568 g/mol. The highest BCUT2D eigenvalue weighted by atomic mass is 31.2. The van der Waals surface area contributed by atoms with Gasteiger partial charge in [-0.25, -0.2) is 22.8 Å². The van der Waals surface area contributed by atoms with Gasteiger partial charge in [0.1, 0.15) is 0 Å². The number of alkyl halides is 2. The predicted molar refractivity (Wildman–Crippen MR) is 118 cm³/mol. The molecule has 0 aliphatic rings. The Morgan fingerprint density at radius 1 is 0.897 bits per heavy atom. The average molecular weight is 584 g/mol. The van der Waals surface area contributed by atoms with Gasteiger partial charge in [-0.1, -0.05) is 18.2 Å². The minimum Gasteiger partial charge on any atom is -0.432 e. The molecule has 210 valence electrons. The second kappa shape index (κ2) is 11.2. The maximum Gasteiger partial charge on any atom is 0.510 e. The van der Waals surface area contributed by atoms with Crippen LogP contribution in [0.25, 0.3) is 10.8 Å². The summed E-state index contributed by atoms with van der Waals surface area (Å²) in [5, 5.41) is 0.00610. The smallest absolute Gasteiger partial charge is 0.432 e. The first-order valence-electron chi connectivity index (χ1n) is 10.5. The maximum atomic E-state index is 14.9. The lowest BCUT2D eigenvalue weighted by atomic mass is 10.0. The Balaban J connectivity index is 1.86. The van der Waals surface area contributed by atoms with Crippen molar-refractivity contribution in [1.82, 2.24) is 0 Å². The Morgan fingerprint density at radius 2 is 1.46 bits per heavy atom. The van der Waals surface area contributed by atoms with Gasteiger partial charge in [-0.15, -0.1) is 0 Å². The quantitative estimate of drug-likeness (QED) is 0.0606. The monoisotopic (exact) mass is 584 g/mol. The molecule has 0 bridgehead atoms. The molecule has 1 N–H and O–H groups in total. The van der Waals surface area contributed by atoms with E-state index in [1.807, 2.05) is 0 Å². The number of halogens is 7. The van der Waals surface area contributed by atoms with Crippen LogP contribution in [0.2, 0.25) is 0 Å². The van der Waals surface area contributed by atoms with Gasteiger partial charge in [-0.2, -0.15) is 17.6 Å². The maximum absolute atomic E-state index is 14.9. The number of hydrogen-bond donors (Lipinski definition) is 1. The van der Waals surface area contributed by atoms with E-state index < -0.39 is 84.2 Å². The molecule has 0 aliphatic carbocycles. The van der Waals surface area contributed by atoms with E-state index in [0.29, 0.717) is 6.07 Å². The van der Waals surface area contributed by atoms with E-state index in [0.717, 1.165) is 30.3 Å². The van der Waals surface area contributed by atoms with Crippen LogP contribution in [0.3, 0.4) is 0 Å². The van der Waals surface area contributed by atoms with Crippen molar-refractivity contribution in [3.63, 3.8) is 0 Å². The lowest BCUT2D eigenvalue weighted by Crippen LogP contribution is -2.19. The number of rotatable bonds is 8. The van der Waals surface area contributed by atoms with Crippen LogP contribution < -0.4 is 4.74 Å². The summed E-state index contributed by atoms with van der Waals surface area (Å²) in [6.45, 7) is 1.56. The van der Waals surface area contributed by atoms with Crippen LogP contribution in [0.1, 0.15) is 29.8 Å². The van der Waals surface area contributed by atoms with Crippen molar-refractivity contribution < 1.29 is 68.5 Å². The summed E-state index contributed by atoms with van der Waals surface area (Å²) in [6.07, 6.45) is -1.97. The molecule has 3 aromatic rings. The molecule has 0 radical (unpaired) electrons. The van der Waals surface area contributed by atoms with E-state index in [2.05, 4.69) is 18.7 Å². The van der Waals surface area contributed by atoms with E-state index >= 15 is 0 Å². The third kappa shape index (κ3) is 6.15. The Kier molecular flexibility index (Phi) is 8.58. The van der Waals surface area contributed by atoms with Crippen molar-refractivity contribution in [3.05, 3.63) is 76.6 Å². The zero-order chi connectivity index (χ0) is 29.3. The van der Waals surface area contributed by atoms with E-state index in [4.69, 9.17) is 0 Å². The second-order valence-electron chi connectivity index (χ2n) is 7.93. The van der Waals surface area contributed by atoms with Gasteiger partial charge in [0.25, 0.3) is 0 Å². The Hall–Kier alpha value is -3.68. The molecule has 0 saturated carbocycles. The highest BCUT2D eigenvalue weighted by molar-refractivity contribution is 7.53. The van der Waals surface area contributed by atoms with Gasteiger partial charge in [0.2, 0.25) is 41.6 Å². The van der Waals surface area contributed by atoms with Crippen molar-refractivity contribution in [3.8, 4) is 5.75 Å². The summed E-state index contributed by atoms with van der Waals surface area (Å²) in [4.78, 5) is 33.4. The first kappa shape index (κ1) is 29.9. The van der Waals surface area contributed by atoms with Gasteiger partial charge >= 0.3 is 25.4 Å². The van der Waals surface area contributed by atoms with Crippen LogP contribution in [-0.4, -0.2) is 29.9 Å². The number of carbonyl (C=O) groups is 2. The van der Waals surface area contributed by atoms with Gasteiger partial charge in [-0.3, -0.25) is 9.09 Å². The van der Waals surface area contributed by atoms with Gasteiger partial charge in [0.15, 0.2) is 0 Å². The normalized spacial score (nSPS) is 13.3. The lowest BCUT2D eigenvalue weighted by molar-refractivity contribution is -0.0266. The minimum atomic E-state index is -5.83. The summed E-state index contributed by atoms with van der Waals surface area (Å²) in [6, 6.07) is 5.52. The Morgan fingerprint density at radius 3 is 2.05 bits per heavy atom. The van der Waals surface area contributed by atoms with Gasteiger partial charge in [-0.05, 0) is 42.8 Å². The van der Waals surface area contributed by atoms with Crippen LogP contribution in [0.15, 0.2) is 36.4 Å². The highest BCUT2D eigenvalue weighted by Gasteiger charge is 2.53. The molecule has 0 heterocycles. The van der Waals surface area contributed by atoms with E-state index in [9.17, 15) is 49.8 Å². The summed E-state index contributed by atoms with van der Waals surface area (Å²) < 4.78 is 127. The Bertz CT molecular complexity index is 1470. The third-order valence-corrected chi connectivity index (χ3v) is 6.30. The van der Waals surface area contributed by atoms with Crippen LogP contribution in [0, 0.1) is 29.1 Å². The molecule has 0 aliphatic heterocycles. The topological polar surface area (TPSA) is 108 Å². The molecule has 0 saturated heterocycles. The zero-order valence-electron chi connectivity index (χ0n) is 19.6. The molecule has 3 rings (SSSR count). The van der Waals surface area contributed by atoms with Crippen molar-refractivity contribution in [2.45, 2.75) is 25.6 Å². The SMILES string of the molecule is CC(C)OC(=O)OCOP(=O)(O)C(F)(F)c1ccc2ccc(C(=O)Oc3c(F)c(F)c(F)c(F)c3F)cc2c1. The summed E-state index contributed by atoms with van der Waals surface area (Å²) in [5.41, 5.74) is -6.22. The first-order valence-corrected chi connectivity index (χ1v) is 12.1. The molecule has 0 amide bonds. The van der Waals surface area contributed by atoms with E-state index in [-0.39, 0.29) is 10.8 Å². The number of esters is 1. The van der Waals surface area contributed by atoms with E-state index in [1.54, 1.807) is 0 Å². The largest absolute Gasteiger partial charge is 0.510 e. The van der Waals surface area contributed by atoms with Crippen LogP contribution in [0.5, 0.6) is 5.75 Å². The van der Waals surface area contributed by atoms with E-state index in [1.165, 1.54) is 13.8 Å². The summed E-state index contributed by atoms with van der Waals surface area (Å²) in [7, 11) is -5.83. The average Bonchev–Trinajstić information content (AvgIpc) is 2.87. The fraction of sp³-hybridized carbons (Fsp3) is 0.217. The number of ether oxygens (including phenoxy) is 3. The van der Waals surface area contributed by atoms with Crippen LogP contribution in [-0.2, 0) is 24.2 Å². The molecule has 0 fully saturated rings. The molecule has 0 spiro atoms. The number of benzene rings is 3. The highest BCUT2D eigenvalue weighted by Crippen LogP contribution is 2.63. The molecular formula is C23H16F7O8P. The molecule has 0 aromatic heterocycles. The van der Waals surface area contributed by atoms with Crippen molar-refractivity contribution >= 4 is 30.5 Å². The predicted octanol–water partition coefficient (Wildman–Crippen LogP) is 6.52. The number of hydrogen-bond acceptors (Lipinski definition) is 7. The molecule has 3 aromatic carbocycles. The third-order valence-electron chi connectivity index (χ3n) is 4.88. The van der Waals surface area contributed by atoms with Crippen molar-refractivity contribution in [1.29, 1.82) is 0 Å². The zero-order valence-corrected chi connectivity index (χ0v) is 20.5.